The average molecular weight is 354 g/mol. The number of ether oxygens (including phenoxy) is 2. The molecule has 0 aliphatic rings. The Morgan fingerprint density at radius 1 is 1.09 bits per heavy atom. The lowest BCUT2D eigenvalue weighted by molar-refractivity contribution is -0.132. The summed E-state index contributed by atoms with van der Waals surface area (Å²) in [6.45, 7) is 0.377. The van der Waals surface area contributed by atoms with Gasteiger partial charge in [0.05, 0.1) is 17.2 Å². The Balaban J connectivity index is 1.90. The largest absolute Gasteiger partial charge is 0.497 e. The molecule has 0 spiro atoms. The zero-order valence-corrected chi connectivity index (χ0v) is 14.4. The molecule has 0 N–H and O–H groups in total. The van der Waals surface area contributed by atoms with E-state index in [9.17, 15) is 4.79 Å². The molecule has 23 heavy (non-hydrogen) atoms. The maximum absolute atomic E-state index is 12.1. The fraction of sp³-hybridized carbons (Fsp3) is 0.235. The van der Waals surface area contributed by atoms with Crippen LogP contribution in [-0.4, -0.2) is 31.6 Å². The summed E-state index contributed by atoms with van der Waals surface area (Å²) in [4.78, 5) is 13.7. The Kier molecular flexibility index (Phi) is 6.13. The van der Waals surface area contributed by atoms with Crippen LogP contribution in [0.1, 0.15) is 5.56 Å². The molecule has 2 aromatic rings. The number of halogens is 2. The van der Waals surface area contributed by atoms with Crippen molar-refractivity contribution in [1.82, 2.24) is 4.90 Å². The highest BCUT2D eigenvalue weighted by molar-refractivity contribution is 6.42. The standard InChI is InChI=1S/C17H17Cl2NO3/c1-20(10-12-6-7-15(18)16(19)8-12)17(21)11-23-14-5-3-4-13(9-14)22-2/h3-9H,10-11H2,1-2H3. The van der Waals surface area contributed by atoms with Crippen LogP contribution in [0.2, 0.25) is 10.0 Å². The molecule has 122 valence electrons. The van der Waals surface area contributed by atoms with Crippen LogP contribution >= 0.6 is 23.2 Å². The number of methoxy groups -OCH3 is 1. The minimum atomic E-state index is -0.140. The second kappa shape index (κ2) is 8.09. The Morgan fingerprint density at radius 2 is 1.83 bits per heavy atom. The summed E-state index contributed by atoms with van der Waals surface area (Å²) in [6.07, 6.45) is 0. The molecule has 2 aromatic carbocycles. The van der Waals surface area contributed by atoms with Crippen LogP contribution in [-0.2, 0) is 11.3 Å². The van der Waals surface area contributed by atoms with Gasteiger partial charge in [0, 0.05) is 19.7 Å². The Hall–Kier alpha value is -1.91. The zero-order chi connectivity index (χ0) is 16.8. The van der Waals surface area contributed by atoms with Gasteiger partial charge in [0.2, 0.25) is 0 Å². The van der Waals surface area contributed by atoms with Gasteiger partial charge in [0.25, 0.3) is 5.91 Å². The Labute approximate surface area is 145 Å². The first-order valence-corrected chi connectivity index (χ1v) is 7.70. The first-order valence-electron chi connectivity index (χ1n) is 6.94. The maximum Gasteiger partial charge on any atom is 0.260 e. The molecule has 0 bridgehead atoms. The van der Waals surface area contributed by atoms with Gasteiger partial charge in [0.15, 0.2) is 6.61 Å². The van der Waals surface area contributed by atoms with Crippen LogP contribution in [0.4, 0.5) is 0 Å². The molecule has 0 aromatic heterocycles. The van der Waals surface area contributed by atoms with E-state index < -0.39 is 0 Å². The van der Waals surface area contributed by atoms with Gasteiger partial charge in [-0.2, -0.15) is 0 Å². The van der Waals surface area contributed by atoms with Crippen molar-refractivity contribution in [3.05, 3.63) is 58.1 Å². The third-order valence-corrected chi connectivity index (χ3v) is 3.97. The van der Waals surface area contributed by atoms with E-state index in [4.69, 9.17) is 32.7 Å². The van der Waals surface area contributed by atoms with Gasteiger partial charge in [-0.05, 0) is 29.8 Å². The number of nitrogens with zero attached hydrogens (tertiary/aromatic N) is 1. The molecule has 0 saturated heterocycles. The zero-order valence-electron chi connectivity index (χ0n) is 12.9. The van der Waals surface area contributed by atoms with Gasteiger partial charge < -0.3 is 14.4 Å². The summed E-state index contributed by atoms with van der Waals surface area (Å²) in [7, 11) is 3.29. The molecular weight excluding hydrogens is 337 g/mol. The van der Waals surface area contributed by atoms with E-state index in [0.717, 1.165) is 5.56 Å². The van der Waals surface area contributed by atoms with E-state index in [1.807, 2.05) is 12.1 Å². The summed E-state index contributed by atoms with van der Waals surface area (Å²) in [5.41, 5.74) is 0.900. The lowest BCUT2D eigenvalue weighted by atomic mass is 10.2. The van der Waals surface area contributed by atoms with Crippen LogP contribution in [0, 0.1) is 0 Å². The topological polar surface area (TPSA) is 38.8 Å². The molecule has 0 atom stereocenters. The van der Waals surface area contributed by atoms with Crippen molar-refractivity contribution in [2.45, 2.75) is 6.54 Å². The minimum absolute atomic E-state index is 0.0506. The predicted octanol–water partition coefficient (Wildman–Crippen LogP) is 4.04. The fourth-order valence-electron chi connectivity index (χ4n) is 1.95. The number of carbonyl (C=O) groups is 1. The van der Waals surface area contributed by atoms with Crippen molar-refractivity contribution in [3.63, 3.8) is 0 Å². The lowest BCUT2D eigenvalue weighted by Gasteiger charge is -2.18. The summed E-state index contributed by atoms with van der Waals surface area (Å²) < 4.78 is 10.6. The summed E-state index contributed by atoms with van der Waals surface area (Å²) in [5.74, 6) is 1.12. The highest BCUT2D eigenvalue weighted by Crippen LogP contribution is 2.23. The minimum Gasteiger partial charge on any atom is -0.497 e. The number of rotatable bonds is 6. The monoisotopic (exact) mass is 353 g/mol. The second-order valence-corrected chi connectivity index (χ2v) is 5.78. The number of likely N-dealkylation sites (N-methyl/N-ethyl adjacent to an activating group) is 1. The first kappa shape index (κ1) is 17.4. The second-order valence-electron chi connectivity index (χ2n) is 4.97. The van der Waals surface area contributed by atoms with Crippen LogP contribution in [0.3, 0.4) is 0 Å². The number of hydrogen-bond donors (Lipinski definition) is 0. The quantitative estimate of drug-likeness (QED) is 0.786. The van der Waals surface area contributed by atoms with Gasteiger partial charge in [-0.1, -0.05) is 35.3 Å². The predicted molar refractivity (Wildman–Crippen MR) is 91.4 cm³/mol. The molecule has 0 heterocycles. The molecule has 1 amide bonds. The third-order valence-electron chi connectivity index (χ3n) is 3.23. The molecule has 0 unspecified atom stereocenters. The van der Waals surface area contributed by atoms with E-state index in [-0.39, 0.29) is 12.5 Å². The molecule has 0 radical (unpaired) electrons. The van der Waals surface area contributed by atoms with Crippen molar-refractivity contribution < 1.29 is 14.3 Å². The van der Waals surface area contributed by atoms with Crippen molar-refractivity contribution >= 4 is 29.1 Å². The van der Waals surface area contributed by atoms with Crippen molar-refractivity contribution in [2.75, 3.05) is 20.8 Å². The molecule has 0 saturated carbocycles. The van der Waals surface area contributed by atoms with Crippen LogP contribution in [0.15, 0.2) is 42.5 Å². The van der Waals surface area contributed by atoms with Crippen molar-refractivity contribution in [1.29, 1.82) is 0 Å². The van der Waals surface area contributed by atoms with Gasteiger partial charge in [0.1, 0.15) is 11.5 Å². The average Bonchev–Trinajstić information content (AvgIpc) is 2.56. The smallest absolute Gasteiger partial charge is 0.260 e. The molecule has 2 rings (SSSR count). The van der Waals surface area contributed by atoms with Gasteiger partial charge in [-0.25, -0.2) is 0 Å². The third kappa shape index (κ3) is 5.05. The summed E-state index contributed by atoms with van der Waals surface area (Å²) in [6, 6.07) is 12.4. The molecule has 0 fully saturated rings. The van der Waals surface area contributed by atoms with Crippen molar-refractivity contribution in [2.24, 2.45) is 0 Å². The molecular formula is C17H17Cl2NO3. The highest BCUT2D eigenvalue weighted by atomic mass is 35.5. The van der Waals surface area contributed by atoms with E-state index >= 15 is 0 Å². The number of carbonyl (C=O) groups excluding carboxylic acids is 1. The number of hydrogen-bond acceptors (Lipinski definition) is 3. The van der Waals surface area contributed by atoms with Gasteiger partial charge in [-0.3, -0.25) is 4.79 Å². The van der Waals surface area contributed by atoms with E-state index in [2.05, 4.69) is 0 Å². The summed E-state index contributed by atoms with van der Waals surface area (Å²) >= 11 is 11.9. The van der Waals surface area contributed by atoms with Crippen LogP contribution in [0.25, 0.3) is 0 Å². The summed E-state index contributed by atoms with van der Waals surface area (Å²) in [5, 5.41) is 0.961. The lowest BCUT2D eigenvalue weighted by Crippen LogP contribution is -2.30. The Bertz CT molecular complexity index is 691. The van der Waals surface area contributed by atoms with E-state index in [1.165, 1.54) is 0 Å². The molecule has 0 aliphatic heterocycles. The van der Waals surface area contributed by atoms with Crippen LogP contribution in [0.5, 0.6) is 11.5 Å². The normalized spacial score (nSPS) is 10.3. The van der Waals surface area contributed by atoms with Crippen LogP contribution < -0.4 is 9.47 Å². The van der Waals surface area contributed by atoms with Crippen molar-refractivity contribution in [3.8, 4) is 11.5 Å². The number of benzene rings is 2. The van der Waals surface area contributed by atoms with E-state index in [1.54, 1.807) is 49.4 Å². The fourth-order valence-corrected chi connectivity index (χ4v) is 2.27. The first-order chi connectivity index (χ1) is 11.0. The molecule has 0 aliphatic carbocycles. The van der Waals surface area contributed by atoms with Gasteiger partial charge in [-0.15, -0.1) is 0 Å². The number of amides is 1. The molecule has 4 nitrogen and oxygen atoms in total. The molecule has 6 heteroatoms. The van der Waals surface area contributed by atoms with E-state index in [0.29, 0.717) is 28.1 Å². The maximum atomic E-state index is 12.1. The highest BCUT2D eigenvalue weighted by Gasteiger charge is 2.11. The van der Waals surface area contributed by atoms with Gasteiger partial charge >= 0.3 is 0 Å². The Morgan fingerprint density at radius 3 is 2.52 bits per heavy atom. The SMILES string of the molecule is COc1cccc(OCC(=O)N(C)Cc2ccc(Cl)c(Cl)c2)c1.